The van der Waals surface area contributed by atoms with Crippen molar-refractivity contribution >= 4 is 30.5 Å². The number of benzene rings is 1. The minimum Gasteiger partial charge on any atom is -0.402 e. The number of carbonyl (C=O) groups is 2. The zero-order valence-electron chi connectivity index (χ0n) is 13.3. The first kappa shape index (κ1) is 24.0. The molecule has 0 aliphatic heterocycles. The minimum absolute atomic E-state index is 0. The van der Waals surface area contributed by atoms with Crippen LogP contribution in [0.3, 0.4) is 0 Å². The normalized spacial score (nSPS) is 9.17. The number of hydrogen-bond acceptors (Lipinski definition) is 7. The van der Waals surface area contributed by atoms with Gasteiger partial charge in [0.05, 0.1) is 0 Å². The van der Waals surface area contributed by atoms with E-state index in [1.807, 2.05) is 0 Å². The van der Waals surface area contributed by atoms with E-state index >= 15 is 0 Å². The topological polar surface area (TPSA) is 141 Å². The van der Waals surface area contributed by atoms with Crippen molar-refractivity contribution in [3.63, 3.8) is 0 Å². The average molecular weight is 334 g/mol. The fraction of sp³-hybridized carbons (Fsp3) is 0.333. The molecule has 120 valence electrons. The van der Waals surface area contributed by atoms with E-state index in [0.29, 0.717) is 0 Å². The van der Waals surface area contributed by atoms with Gasteiger partial charge < -0.3 is 20.0 Å². The molecule has 0 bridgehead atoms. The first-order valence-electron chi connectivity index (χ1n) is 6.12. The van der Waals surface area contributed by atoms with Crippen LogP contribution in [-0.2, 0) is 9.59 Å². The molecule has 23 heavy (non-hydrogen) atoms. The van der Waals surface area contributed by atoms with Crippen molar-refractivity contribution < 1.29 is 59.1 Å². The third-order valence-corrected chi connectivity index (χ3v) is 2.26. The quantitative estimate of drug-likeness (QED) is 0.230. The van der Waals surface area contributed by atoms with Crippen molar-refractivity contribution in [2.24, 2.45) is 5.92 Å². The van der Waals surface area contributed by atoms with Crippen LogP contribution < -0.4 is 34.5 Å². The van der Waals surface area contributed by atoms with Crippen molar-refractivity contribution in [1.29, 1.82) is 0 Å². The molecule has 0 aromatic heterocycles. The third-order valence-electron chi connectivity index (χ3n) is 2.26. The van der Waals surface area contributed by atoms with Crippen molar-refractivity contribution in [2.45, 2.75) is 20.8 Å². The number of nitrogens with zero attached hydrogens (tertiary/aromatic N) is 2. The number of anilines is 1. The number of carbonyl (C=O) groups excluding carboxylic acids is 2. The zero-order chi connectivity index (χ0) is 17.4. The maximum atomic E-state index is 11.9. The largest absolute Gasteiger partial charge is 1.00 e. The van der Waals surface area contributed by atoms with Gasteiger partial charge >= 0.3 is 36.9 Å². The molecule has 0 unspecified atom stereocenters. The molecule has 0 spiro atoms. The molecule has 11 heteroatoms. The van der Waals surface area contributed by atoms with Gasteiger partial charge in [0.2, 0.25) is 11.8 Å². The summed E-state index contributed by atoms with van der Waals surface area (Å²) in [7, 11) is -2.17. The maximum Gasteiger partial charge on any atom is 1.00 e. The molecule has 1 rings (SSSR count). The third kappa shape index (κ3) is 8.79. The zero-order valence-corrected chi connectivity index (χ0v) is 15.3. The first-order chi connectivity index (χ1) is 10.1. The number of nitro groups is 1. The molecule has 3 N–H and O–H groups in total. The van der Waals surface area contributed by atoms with E-state index in [1.165, 1.54) is 25.1 Å². The Morgan fingerprint density at radius 3 is 2.04 bits per heavy atom. The Hall–Kier alpha value is -1.30. The van der Waals surface area contributed by atoms with Gasteiger partial charge in [0, 0.05) is 17.8 Å². The van der Waals surface area contributed by atoms with Crippen LogP contribution in [0.15, 0.2) is 18.2 Å². The van der Waals surface area contributed by atoms with E-state index in [4.69, 9.17) is 15.1 Å². The predicted octanol–water partition coefficient (Wildman–Crippen LogP) is -3.12. The van der Waals surface area contributed by atoms with Crippen LogP contribution in [0.2, 0.25) is 0 Å². The molecule has 0 saturated heterocycles. The van der Waals surface area contributed by atoms with Crippen LogP contribution >= 0.6 is 0 Å². The van der Waals surface area contributed by atoms with Gasteiger partial charge in [-0.1, -0.05) is 31.7 Å². The summed E-state index contributed by atoms with van der Waals surface area (Å²) in [5.74, 6) is -1.13. The Labute approximate surface area is 155 Å². The SMILES string of the molecule is CC(=O)N(C(=O)C(C)C)c1c[c-]c([N+](=O)[O-])cc1.OB(O)O.[Na+]. The van der Waals surface area contributed by atoms with E-state index < -0.39 is 18.2 Å². The van der Waals surface area contributed by atoms with Gasteiger partial charge in [0.1, 0.15) is 0 Å². The van der Waals surface area contributed by atoms with E-state index in [-0.39, 0.29) is 52.8 Å². The molecular weight excluding hydrogens is 318 g/mol. The van der Waals surface area contributed by atoms with Crippen molar-refractivity contribution in [3.8, 4) is 0 Å². The van der Waals surface area contributed by atoms with E-state index in [1.54, 1.807) is 13.8 Å². The molecule has 9 nitrogen and oxygen atoms in total. The smallest absolute Gasteiger partial charge is 0.402 e. The number of rotatable bonds is 3. The molecule has 1 aromatic carbocycles. The Kier molecular flexibility index (Phi) is 11.7. The Bertz CT molecular complexity index is 534. The molecule has 1 aromatic rings. The second kappa shape index (κ2) is 11.3. The van der Waals surface area contributed by atoms with Crippen molar-refractivity contribution in [2.75, 3.05) is 4.90 Å². The van der Waals surface area contributed by atoms with Crippen molar-refractivity contribution in [3.05, 3.63) is 34.4 Å². The van der Waals surface area contributed by atoms with E-state index in [2.05, 4.69) is 6.07 Å². The van der Waals surface area contributed by atoms with Crippen molar-refractivity contribution in [1.82, 2.24) is 0 Å². The van der Waals surface area contributed by atoms with Gasteiger partial charge in [-0.3, -0.25) is 19.7 Å². The Morgan fingerprint density at radius 2 is 1.78 bits per heavy atom. The first-order valence-corrected chi connectivity index (χ1v) is 6.12. The number of imide groups is 1. The fourth-order valence-electron chi connectivity index (χ4n) is 1.38. The summed E-state index contributed by atoms with van der Waals surface area (Å²) < 4.78 is 0. The average Bonchev–Trinajstić information content (AvgIpc) is 2.38. The molecule has 0 aliphatic rings. The van der Waals surface area contributed by atoms with Gasteiger partial charge in [-0.05, 0) is 0 Å². The van der Waals surface area contributed by atoms with Crippen LogP contribution in [0.4, 0.5) is 11.4 Å². The summed E-state index contributed by atoms with van der Waals surface area (Å²) in [6.45, 7) is 4.61. The number of non-ortho nitro benzene ring substituents is 1. The molecule has 0 radical (unpaired) electrons. The maximum absolute atomic E-state index is 11.9. The molecule has 0 heterocycles. The standard InChI is InChI=1S/C12H13N2O4.BH3O3.Na/c1-8(2)12(16)13(9(3)15)10-4-6-11(7-5-10)14(17)18;2-1(3)4;/h4-6,8H,1-3H3;2-4H;/q-1;;+1. The molecule has 0 fully saturated rings. The monoisotopic (exact) mass is 334 g/mol. The Balaban J connectivity index is 0. The summed E-state index contributed by atoms with van der Waals surface area (Å²) in [5, 5.41) is 32.0. The number of nitro benzene ring substituents is 1. The molecule has 0 atom stereocenters. The molecule has 0 saturated carbocycles. The fourth-order valence-corrected chi connectivity index (χ4v) is 1.38. The van der Waals surface area contributed by atoms with Crippen LogP contribution in [0.25, 0.3) is 0 Å². The summed E-state index contributed by atoms with van der Waals surface area (Å²) in [6.07, 6.45) is 0. The van der Waals surface area contributed by atoms with Gasteiger partial charge in [0.15, 0.2) is 5.69 Å². The molecular formula is C12H16BN2NaO7. The second-order valence-electron chi connectivity index (χ2n) is 4.38. The summed E-state index contributed by atoms with van der Waals surface area (Å²) in [6, 6.07) is 6.25. The number of amides is 2. The van der Waals surface area contributed by atoms with Gasteiger partial charge in [-0.2, -0.15) is 0 Å². The molecule has 0 aliphatic carbocycles. The van der Waals surface area contributed by atoms with Gasteiger partial charge in [-0.15, -0.1) is 12.1 Å². The molecule has 2 amide bonds. The second-order valence-corrected chi connectivity index (χ2v) is 4.38. The van der Waals surface area contributed by atoms with E-state index in [0.717, 1.165) is 4.90 Å². The summed E-state index contributed by atoms with van der Waals surface area (Å²) in [4.78, 5) is 34.2. The number of hydrogen-bond donors (Lipinski definition) is 3. The van der Waals surface area contributed by atoms with Gasteiger partial charge in [0.25, 0.3) is 0 Å². The van der Waals surface area contributed by atoms with Crippen LogP contribution in [0.1, 0.15) is 20.8 Å². The van der Waals surface area contributed by atoms with Crippen LogP contribution in [0.5, 0.6) is 0 Å². The van der Waals surface area contributed by atoms with Crippen LogP contribution in [0, 0.1) is 22.1 Å². The van der Waals surface area contributed by atoms with E-state index in [9.17, 15) is 19.7 Å². The minimum atomic E-state index is -2.17. The summed E-state index contributed by atoms with van der Waals surface area (Å²) in [5.41, 5.74) is 0.0750. The van der Waals surface area contributed by atoms with Crippen LogP contribution in [-0.4, -0.2) is 39.1 Å². The summed E-state index contributed by atoms with van der Waals surface area (Å²) >= 11 is 0. The van der Waals surface area contributed by atoms with Gasteiger partial charge in [-0.25, -0.2) is 0 Å². The predicted molar refractivity (Wildman–Crippen MR) is 77.3 cm³/mol. The Morgan fingerprint density at radius 1 is 1.30 bits per heavy atom.